The molecule has 5 nitrogen and oxygen atoms in total. The summed E-state index contributed by atoms with van der Waals surface area (Å²) in [6, 6.07) is 7.82. The van der Waals surface area contributed by atoms with Crippen LogP contribution >= 0.6 is 0 Å². The Labute approximate surface area is 143 Å². The van der Waals surface area contributed by atoms with Gasteiger partial charge in [0.1, 0.15) is 0 Å². The number of carbonyl (C=O) groups is 1. The number of nitrogens with zero attached hydrogens (tertiary/aromatic N) is 1. The quantitative estimate of drug-likeness (QED) is 0.312. The Morgan fingerprint density at radius 2 is 1.92 bits per heavy atom. The zero-order valence-electron chi connectivity index (χ0n) is 14.2. The second-order valence-electron chi connectivity index (χ2n) is 4.92. The van der Waals surface area contributed by atoms with Gasteiger partial charge in [-0.15, -0.1) is 0 Å². The van der Waals surface area contributed by atoms with Crippen molar-refractivity contribution >= 4 is 15.8 Å². The third-order valence-electron chi connectivity index (χ3n) is 3.04. The van der Waals surface area contributed by atoms with E-state index in [-0.39, 0.29) is 16.4 Å². The van der Waals surface area contributed by atoms with Crippen LogP contribution in [0.1, 0.15) is 13.8 Å². The van der Waals surface area contributed by atoms with Gasteiger partial charge in [0.15, 0.2) is 4.91 Å². The fraction of sp³-hybridized carbons (Fsp3) is 0.278. The molecule has 0 heterocycles. The van der Waals surface area contributed by atoms with Gasteiger partial charge >= 0.3 is 5.97 Å². The van der Waals surface area contributed by atoms with E-state index in [2.05, 4.69) is 0 Å². The minimum atomic E-state index is -3.93. The number of rotatable bonds is 8. The molecule has 0 aliphatic carbocycles. The number of esters is 1. The van der Waals surface area contributed by atoms with Crippen molar-refractivity contribution in [3.63, 3.8) is 0 Å². The average Bonchev–Trinajstić information content (AvgIpc) is 2.57. The van der Waals surface area contributed by atoms with Crippen molar-refractivity contribution in [1.82, 2.24) is 4.90 Å². The summed E-state index contributed by atoms with van der Waals surface area (Å²) in [6.07, 6.45) is 8.37. The Kier molecular flexibility index (Phi) is 7.98. The zero-order chi connectivity index (χ0) is 18.0. The van der Waals surface area contributed by atoms with E-state index in [4.69, 9.17) is 4.74 Å². The summed E-state index contributed by atoms with van der Waals surface area (Å²) in [6.45, 7) is 4.33. The van der Waals surface area contributed by atoms with Gasteiger partial charge in [-0.3, -0.25) is 0 Å². The summed E-state index contributed by atoms with van der Waals surface area (Å²) in [5.41, 5.74) is 0. The number of benzene rings is 1. The van der Waals surface area contributed by atoms with E-state index in [0.717, 1.165) is 0 Å². The maximum Gasteiger partial charge on any atom is 0.350 e. The summed E-state index contributed by atoms with van der Waals surface area (Å²) in [5, 5.41) is 0. The van der Waals surface area contributed by atoms with Crippen LogP contribution in [0.5, 0.6) is 0 Å². The van der Waals surface area contributed by atoms with Crippen LogP contribution in [0.15, 0.2) is 70.6 Å². The molecule has 0 saturated heterocycles. The van der Waals surface area contributed by atoms with Crippen LogP contribution in [0, 0.1) is 0 Å². The molecule has 1 aromatic rings. The van der Waals surface area contributed by atoms with Crippen molar-refractivity contribution < 1.29 is 17.9 Å². The summed E-state index contributed by atoms with van der Waals surface area (Å²) in [7, 11) is -2.09. The summed E-state index contributed by atoms with van der Waals surface area (Å²) < 4.78 is 30.2. The number of sulfone groups is 1. The van der Waals surface area contributed by atoms with Crippen LogP contribution in [0.3, 0.4) is 0 Å². The normalized spacial score (nSPS) is 12.7. The standard InChI is InChI=1S/C18H23NO4S/c1-4-6-14-19(3)15-10-13-17(18(20)23-5-2)24(21,22)16-11-8-7-9-12-16/h4,6-13,15H,5,14H2,1-3H3/b6-4+,15-10+,17-13+. The van der Waals surface area contributed by atoms with E-state index in [1.807, 2.05) is 31.0 Å². The van der Waals surface area contributed by atoms with Crippen LogP contribution in [0.2, 0.25) is 0 Å². The van der Waals surface area contributed by atoms with E-state index in [0.29, 0.717) is 6.54 Å². The molecule has 0 bridgehead atoms. The zero-order valence-corrected chi connectivity index (χ0v) is 15.0. The topological polar surface area (TPSA) is 63.7 Å². The summed E-state index contributed by atoms with van der Waals surface area (Å²) in [5.74, 6) is -0.859. The monoisotopic (exact) mass is 349 g/mol. The lowest BCUT2D eigenvalue weighted by Crippen LogP contribution is -2.17. The highest BCUT2D eigenvalue weighted by Gasteiger charge is 2.27. The van der Waals surface area contributed by atoms with Crippen LogP contribution in [0.4, 0.5) is 0 Å². The van der Waals surface area contributed by atoms with Crippen molar-refractivity contribution in [2.24, 2.45) is 0 Å². The fourth-order valence-corrected chi connectivity index (χ4v) is 3.11. The van der Waals surface area contributed by atoms with Gasteiger partial charge in [0, 0.05) is 13.6 Å². The third kappa shape index (κ3) is 5.70. The summed E-state index contributed by atoms with van der Waals surface area (Å²) in [4.78, 5) is 13.6. The molecule has 0 atom stereocenters. The van der Waals surface area contributed by atoms with Gasteiger partial charge in [-0.1, -0.05) is 30.4 Å². The minimum absolute atomic E-state index is 0.0555. The number of hydrogen-bond acceptors (Lipinski definition) is 5. The molecule has 0 aliphatic heterocycles. The van der Waals surface area contributed by atoms with E-state index in [1.165, 1.54) is 24.3 Å². The van der Waals surface area contributed by atoms with Gasteiger partial charge in [0.25, 0.3) is 0 Å². The van der Waals surface area contributed by atoms with E-state index < -0.39 is 15.8 Å². The smallest absolute Gasteiger partial charge is 0.350 e. The molecular formula is C18H23NO4S. The molecule has 0 fully saturated rings. The van der Waals surface area contributed by atoms with Crippen LogP contribution in [-0.2, 0) is 19.4 Å². The Balaban J connectivity index is 3.15. The van der Waals surface area contributed by atoms with Crippen molar-refractivity contribution in [2.45, 2.75) is 18.7 Å². The number of likely N-dealkylation sites (N-methyl/N-ethyl adjacent to an activating group) is 1. The SMILES string of the molecule is C/C=C/CN(C)/C=C/C=C(\C(=O)OCC)S(=O)(=O)c1ccccc1. The Bertz CT molecular complexity index is 719. The number of allylic oxidation sites excluding steroid dienone is 3. The molecule has 1 aromatic carbocycles. The van der Waals surface area contributed by atoms with Crippen molar-refractivity contribution in [1.29, 1.82) is 0 Å². The van der Waals surface area contributed by atoms with E-state index in [1.54, 1.807) is 31.3 Å². The highest BCUT2D eigenvalue weighted by molar-refractivity contribution is 7.96. The Morgan fingerprint density at radius 1 is 1.25 bits per heavy atom. The number of hydrogen-bond donors (Lipinski definition) is 0. The summed E-state index contributed by atoms with van der Waals surface area (Å²) >= 11 is 0. The first-order valence-corrected chi connectivity index (χ1v) is 9.09. The number of carbonyl (C=O) groups excluding carboxylic acids is 1. The first-order valence-electron chi connectivity index (χ1n) is 7.60. The molecule has 0 aliphatic rings. The average molecular weight is 349 g/mol. The maximum absolute atomic E-state index is 12.7. The third-order valence-corrected chi connectivity index (χ3v) is 4.81. The Hall–Kier alpha value is -2.34. The molecule has 0 amide bonds. The van der Waals surface area contributed by atoms with Gasteiger partial charge < -0.3 is 9.64 Å². The first kappa shape index (κ1) is 19.7. The molecule has 0 saturated carbocycles. The lowest BCUT2D eigenvalue weighted by Gasteiger charge is -2.10. The first-order chi connectivity index (χ1) is 11.4. The molecule has 0 N–H and O–H groups in total. The second-order valence-corrected chi connectivity index (χ2v) is 6.84. The molecule has 1 rings (SSSR count). The molecule has 24 heavy (non-hydrogen) atoms. The highest BCUT2D eigenvalue weighted by Crippen LogP contribution is 2.20. The van der Waals surface area contributed by atoms with Crippen molar-refractivity contribution in [2.75, 3.05) is 20.2 Å². The molecule has 6 heteroatoms. The van der Waals surface area contributed by atoms with E-state index in [9.17, 15) is 13.2 Å². The molecule has 0 spiro atoms. The fourth-order valence-electron chi connectivity index (χ4n) is 1.81. The van der Waals surface area contributed by atoms with Crippen LogP contribution < -0.4 is 0 Å². The van der Waals surface area contributed by atoms with Gasteiger partial charge in [0.2, 0.25) is 9.84 Å². The number of ether oxygens (including phenoxy) is 1. The van der Waals surface area contributed by atoms with Crippen LogP contribution in [0.25, 0.3) is 0 Å². The van der Waals surface area contributed by atoms with Crippen molar-refractivity contribution in [3.8, 4) is 0 Å². The molecule has 0 unspecified atom stereocenters. The lowest BCUT2D eigenvalue weighted by atomic mass is 10.4. The molecule has 0 radical (unpaired) electrons. The predicted molar refractivity (Wildman–Crippen MR) is 94.9 cm³/mol. The molecular weight excluding hydrogens is 326 g/mol. The largest absolute Gasteiger partial charge is 0.462 e. The molecule has 0 aromatic heterocycles. The minimum Gasteiger partial charge on any atom is -0.462 e. The van der Waals surface area contributed by atoms with Gasteiger partial charge in [-0.2, -0.15) is 0 Å². The lowest BCUT2D eigenvalue weighted by molar-refractivity contribution is -0.137. The maximum atomic E-state index is 12.7. The second kappa shape index (κ2) is 9.72. The van der Waals surface area contributed by atoms with Crippen LogP contribution in [-0.4, -0.2) is 39.5 Å². The Morgan fingerprint density at radius 3 is 2.50 bits per heavy atom. The van der Waals surface area contributed by atoms with E-state index >= 15 is 0 Å². The van der Waals surface area contributed by atoms with Gasteiger partial charge in [0.05, 0.1) is 11.5 Å². The van der Waals surface area contributed by atoms with Crippen molar-refractivity contribution in [3.05, 3.63) is 65.7 Å². The highest BCUT2D eigenvalue weighted by atomic mass is 32.2. The molecule has 130 valence electrons. The van der Waals surface area contributed by atoms with Gasteiger partial charge in [-0.25, -0.2) is 13.2 Å². The van der Waals surface area contributed by atoms with Gasteiger partial charge in [-0.05, 0) is 44.3 Å². The predicted octanol–water partition coefficient (Wildman–Crippen LogP) is 2.93.